The summed E-state index contributed by atoms with van der Waals surface area (Å²) in [6.45, 7) is 5.52. The minimum Gasteiger partial charge on any atom is -0.497 e. The van der Waals surface area contributed by atoms with Gasteiger partial charge in [-0.3, -0.25) is 4.79 Å². The van der Waals surface area contributed by atoms with E-state index in [1.165, 1.54) is 25.7 Å². The smallest absolute Gasteiger partial charge is 0.297 e. The standard InChI is InChI=1S/C23H35NO4/c1-5-7-9-10-11-12-16-28-22-21(27-4)19-14-13-18(26-3)17-20(19)24(23(22)25)15-8-6-2/h13-14,17H,5-12,15-16H2,1-4H3. The number of nitrogens with zero attached hydrogens (tertiary/aromatic N) is 1. The van der Waals surface area contributed by atoms with Gasteiger partial charge in [0.05, 0.1) is 26.3 Å². The van der Waals surface area contributed by atoms with Crippen molar-refractivity contribution in [3.05, 3.63) is 28.6 Å². The predicted octanol–water partition coefficient (Wildman–Crippen LogP) is 5.56. The molecule has 1 heterocycles. The van der Waals surface area contributed by atoms with Gasteiger partial charge in [-0.15, -0.1) is 0 Å². The first-order chi connectivity index (χ1) is 13.7. The van der Waals surface area contributed by atoms with Crippen LogP contribution < -0.4 is 19.8 Å². The number of pyridine rings is 1. The minimum absolute atomic E-state index is 0.128. The summed E-state index contributed by atoms with van der Waals surface area (Å²) in [5.74, 6) is 1.56. The van der Waals surface area contributed by atoms with Crippen LogP contribution in [0.5, 0.6) is 17.2 Å². The fourth-order valence-electron chi connectivity index (χ4n) is 3.43. The van der Waals surface area contributed by atoms with Crippen LogP contribution >= 0.6 is 0 Å². The van der Waals surface area contributed by atoms with Crippen LogP contribution in [-0.2, 0) is 6.54 Å². The zero-order valence-electron chi connectivity index (χ0n) is 17.9. The van der Waals surface area contributed by atoms with Gasteiger partial charge in [0.2, 0.25) is 5.75 Å². The lowest BCUT2D eigenvalue weighted by atomic mass is 10.1. The number of rotatable bonds is 13. The van der Waals surface area contributed by atoms with E-state index in [-0.39, 0.29) is 5.56 Å². The van der Waals surface area contributed by atoms with Crippen molar-refractivity contribution in [3.63, 3.8) is 0 Å². The summed E-state index contributed by atoms with van der Waals surface area (Å²) in [4.78, 5) is 13.2. The highest BCUT2D eigenvalue weighted by molar-refractivity contribution is 5.89. The Balaban J connectivity index is 2.30. The topological polar surface area (TPSA) is 49.7 Å². The molecule has 0 aliphatic heterocycles. The Bertz CT molecular complexity index is 797. The maximum atomic E-state index is 13.2. The van der Waals surface area contributed by atoms with Crippen molar-refractivity contribution in [1.82, 2.24) is 4.57 Å². The normalized spacial score (nSPS) is 11.0. The van der Waals surface area contributed by atoms with E-state index in [2.05, 4.69) is 13.8 Å². The third-order valence-corrected chi connectivity index (χ3v) is 5.07. The lowest BCUT2D eigenvalue weighted by molar-refractivity contribution is 0.280. The average Bonchev–Trinajstić information content (AvgIpc) is 2.72. The fourth-order valence-corrected chi connectivity index (χ4v) is 3.43. The SMILES string of the molecule is CCCCCCCCOc1c(OC)c2ccc(OC)cc2n(CCCC)c1=O. The number of hydrogen-bond donors (Lipinski definition) is 0. The molecule has 1 aromatic carbocycles. The van der Waals surface area contributed by atoms with Gasteiger partial charge in [0, 0.05) is 18.0 Å². The second-order valence-electron chi connectivity index (χ2n) is 7.17. The minimum atomic E-state index is -0.128. The second-order valence-corrected chi connectivity index (χ2v) is 7.17. The monoisotopic (exact) mass is 389 g/mol. The van der Waals surface area contributed by atoms with Crippen LogP contribution in [0.2, 0.25) is 0 Å². The summed E-state index contributed by atoms with van der Waals surface area (Å²) in [6.07, 6.45) is 9.01. The van der Waals surface area contributed by atoms with Crippen molar-refractivity contribution in [2.75, 3.05) is 20.8 Å². The van der Waals surface area contributed by atoms with Crippen molar-refractivity contribution >= 4 is 10.9 Å². The van der Waals surface area contributed by atoms with Crippen LogP contribution in [0.25, 0.3) is 10.9 Å². The van der Waals surface area contributed by atoms with Crippen LogP contribution in [0.3, 0.4) is 0 Å². The van der Waals surface area contributed by atoms with Crippen LogP contribution in [-0.4, -0.2) is 25.4 Å². The first-order valence-electron chi connectivity index (χ1n) is 10.6. The highest BCUT2D eigenvalue weighted by atomic mass is 16.5. The van der Waals surface area contributed by atoms with Crippen LogP contribution in [0.1, 0.15) is 65.2 Å². The molecular weight excluding hydrogens is 354 g/mol. The van der Waals surface area contributed by atoms with E-state index in [0.717, 1.165) is 42.3 Å². The molecule has 156 valence electrons. The molecule has 0 fully saturated rings. The van der Waals surface area contributed by atoms with Gasteiger partial charge >= 0.3 is 0 Å². The molecule has 5 nitrogen and oxygen atoms in total. The Hall–Kier alpha value is -2.17. The van der Waals surface area contributed by atoms with Gasteiger partial charge in [0.1, 0.15) is 5.75 Å². The Labute approximate surface area is 168 Å². The lowest BCUT2D eigenvalue weighted by Gasteiger charge is -2.18. The summed E-state index contributed by atoms with van der Waals surface area (Å²) >= 11 is 0. The number of aromatic nitrogens is 1. The Morgan fingerprint density at radius 1 is 0.857 bits per heavy atom. The fraction of sp³-hybridized carbons (Fsp3) is 0.609. The molecule has 2 rings (SSSR count). The lowest BCUT2D eigenvalue weighted by Crippen LogP contribution is -2.24. The molecule has 0 atom stereocenters. The Morgan fingerprint density at radius 3 is 2.25 bits per heavy atom. The van der Waals surface area contributed by atoms with Gasteiger partial charge in [-0.05, 0) is 25.0 Å². The molecule has 0 bridgehead atoms. The Kier molecular flexibility index (Phi) is 9.18. The zero-order valence-corrected chi connectivity index (χ0v) is 17.9. The molecule has 0 spiro atoms. The van der Waals surface area contributed by atoms with E-state index in [1.807, 2.05) is 18.2 Å². The molecule has 0 saturated carbocycles. The number of aryl methyl sites for hydroxylation is 1. The molecule has 0 aliphatic carbocycles. The van der Waals surface area contributed by atoms with Gasteiger partial charge in [-0.2, -0.15) is 0 Å². The first-order valence-corrected chi connectivity index (χ1v) is 10.6. The van der Waals surface area contributed by atoms with E-state index in [9.17, 15) is 4.79 Å². The van der Waals surface area contributed by atoms with E-state index in [4.69, 9.17) is 14.2 Å². The quantitative estimate of drug-likeness (QED) is 0.421. The third-order valence-electron chi connectivity index (χ3n) is 5.07. The molecule has 1 aromatic heterocycles. The van der Waals surface area contributed by atoms with Gasteiger partial charge < -0.3 is 18.8 Å². The maximum absolute atomic E-state index is 13.2. The summed E-state index contributed by atoms with van der Waals surface area (Å²) in [7, 11) is 3.22. The average molecular weight is 390 g/mol. The number of ether oxygens (including phenoxy) is 3. The van der Waals surface area contributed by atoms with E-state index in [0.29, 0.717) is 24.7 Å². The molecule has 0 unspecified atom stereocenters. The maximum Gasteiger partial charge on any atom is 0.297 e. The Morgan fingerprint density at radius 2 is 1.57 bits per heavy atom. The number of hydrogen-bond acceptors (Lipinski definition) is 4. The molecule has 0 aliphatic rings. The van der Waals surface area contributed by atoms with Crippen molar-refractivity contribution in [2.24, 2.45) is 0 Å². The third kappa shape index (κ3) is 5.43. The molecule has 0 radical (unpaired) electrons. The van der Waals surface area contributed by atoms with Crippen molar-refractivity contribution in [1.29, 1.82) is 0 Å². The molecular formula is C23H35NO4. The summed E-state index contributed by atoms with van der Waals surface area (Å²) in [6, 6.07) is 5.72. The summed E-state index contributed by atoms with van der Waals surface area (Å²) in [5.41, 5.74) is 0.693. The van der Waals surface area contributed by atoms with Crippen molar-refractivity contribution < 1.29 is 14.2 Å². The van der Waals surface area contributed by atoms with Crippen LogP contribution in [0.4, 0.5) is 0 Å². The van der Waals surface area contributed by atoms with Gasteiger partial charge in [0.25, 0.3) is 5.56 Å². The van der Waals surface area contributed by atoms with Gasteiger partial charge in [-0.25, -0.2) is 0 Å². The van der Waals surface area contributed by atoms with E-state index >= 15 is 0 Å². The van der Waals surface area contributed by atoms with Crippen molar-refractivity contribution in [2.45, 2.75) is 71.8 Å². The van der Waals surface area contributed by atoms with Crippen LogP contribution in [0.15, 0.2) is 23.0 Å². The number of unbranched alkanes of at least 4 members (excludes halogenated alkanes) is 6. The van der Waals surface area contributed by atoms with Gasteiger partial charge in [0.15, 0.2) is 5.75 Å². The zero-order chi connectivity index (χ0) is 20.4. The highest BCUT2D eigenvalue weighted by Crippen LogP contribution is 2.34. The van der Waals surface area contributed by atoms with E-state index < -0.39 is 0 Å². The highest BCUT2D eigenvalue weighted by Gasteiger charge is 2.19. The largest absolute Gasteiger partial charge is 0.497 e. The van der Waals surface area contributed by atoms with Crippen LogP contribution in [0, 0.1) is 0 Å². The molecule has 0 amide bonds. The van der Waals surface area contributed by atoms with Crippen molar-refractivity contribution in [3.8, 4) is 17.2 Å². The number of benzene rings is 1. The second kappa shape index (κ2) is 11.6. The predicted molar refractivity (Wildman–Crippen MR) is 115 cm³/mol. The molecule has 2 aromatic rings. The van der Waals surface area contributed by atoms with E-state index in [1.54, 1.807) is 18.8 Å². The molecule has 0 saturated heterocycles. The summed E-state index contributed by atoms with van der Waals surface area (Å²) < 4.78 is 18.7. The number of methoxy groups -OCH3 is 2. The number of fused-ring (bicyclic) bond motifs is 1. The molecule has 28 heavy (non-hydrogen) atoms. The van der Waals surface area contributed by atoms with Gasteiger partial charge in [-0.1, -0.05) is 52.4 Å². The molecule has 0 N–H and O–H groups in total. The molecule has 5 heteroatoms. The summed E-state index contributed by atoms with van der Waals surface area (Å²) in [5, 5.41) is 0.872. The first kappa shape index (κ1) is 22.1.